The van der Waals surface area contributed by atoms with Gasteiger partial charge in [0.15, 0.2) is 0 Å². The highest BCUT2D eigenvalue weighted by Crippen LogP contribution is 2.16. The van der Waals surface area contributed by atoms with Crippen molar-refractivity contribution in [1.82, 2.24) is 0 Å². The summed E-state index contributed by atoms with van der Waals surface area (Å²) < 4.78 is 13.9. The number of nitrogens with two attached hydrogens (primary N) is 2. The number of halogens is 2. The molecule has 1 aromatic carbocycles. The maximum atomic E-state index is 13.2. The Hall–Kier alpha value is -0.940. The second-order valence-corrected chi connectivity index (χ2v) is 3.86. The Balaban J connectivity index is 2.82. The Labute approximate surface area is 89.4 Å². The van der Waals surface area contributed by atoms with E-state index in [-0.39, 0.29) is 6.42 Å². The number of primary amides is 1. The molecule has 1 amide bonds. The molecule has 5 heteroatoms. The van der Waals surface area contributed by atoms with Crippen molar-refractivity contribution in [2.24, 2.45) is 11.5 Å². The highest BCUT2D eigenvalue weighted by Gasteiger charge is 2.12. The minimum absolute atomic E-state index is 0.119. The fourth-order valence-electron chi connectivity index (χ4n) is 1.02. The Morgan fingerprint density at radius 1 is 1.57 bits per heavy atom. The lowest BCUT2D eigenvalue weighted by atomic mass is 10.1. The predicted molar refractivity (Wildman–Crippen MR) is 55.0 cm³/mol. The van der Waals surface area contributed by atoms with Crippen molar-refractivity contribution in [1.29, 1.82) is 0 Å². The topological polar surface area (TPSA) is 69.1 Å². The van der Waals surface area contributed by atoms with E-state index in [1.807, 2.05) is 0 Å². The van der Waals surface area contributed by atoms with Crippen molar-refractivity contribution in [3.05, 3.63) is 34.1 Å². The fourth-order valence-corrected chi connectivity index (χ4v) is 1.36. The summed E-state index contributed by atoms with van der Waals surface area (Å²) in [6.07, 6.45) is 0.119. The van der Waals surface area contributed by atoms with E-state index in [1.165, 1.54) is 6.07 Å². The smallest absolute Gasteiger partial charge is 0.234 e. The summed E-state index contributed by atoms with van der Waals surface area (Å²) in [5, 5.41) is 0. The molecule has 1 atom stereocenters. The van der Waals surface area contributed by atoms with Crippen LogP contribution in [0.5, 0.6) is 0 Å². The zero-order valence-corrected chi connectivity index (χ0v) is 8.92. The SMILES string of the molecule is NC(=O)[C@@H](N)Cc1ccc(Br)cc1F. The summed E-state index contributed by atoms with van der Waals surface area (Å²) in [7, 11) is 0. The molecule has 0 spiro atoms. The lowest BCUT2D eigenvalue weighted by molar-refractivity contribution is -0.119. The molecule has 4 N–H and O–H groups in total. The van der Waals surface area contributed by atoms with Gasteiger partial charge in [-0.2, -0.15) is 0 Å². The van der Waals surface area contributed by atoms with Gasteiger partial charge in [-0.25, -0.2) is 4.39 Å². The molecule has 0 unspecified atom stereocenters. The Kier molecular flexibility index (Phi) is 3.60. The number of benzene rings is 1. The summed E-state index contributed by atoms with van der Waals surface area (Å²) >= 11 is 3.13. The fraction of sp³-hybridized carbons (Fsp3) is 0.222. The third-order valence-electron chi connectivity index (χ3n) is 1.82. The van der Waals surface area contributed by atoms with E-state index in [0.717, 1.165) is 0 Å². The first-order valence-electron chi connectivity index (χ1n) is 3.99. The van der Waals surface area contributed by atoms with E-state index in [2.05, 4.69) is 15.9 Å². The molecular formula is C9H10BrFN2O. The highest BCUT2D eigenvalue weighted by molar-refractivity contribution is 9.10. The third-order valence-corrected chi connectivity index (χ3v) is 2.31. The van der Waals surface area contributed by atoms with Crippen LogP contribution in [0.3, 0.4) is 0 Å². The van der Waals surface area contributed by atoms with Crippen LogP contribution < -0.4 is 11.5 Å². The zero-order valence-electron chi connectivity index (χ0n) is 7.34. The van der Waals surface area contributed by atoms with Gasteiger partial charge in [-0.05, 0) is 24.1 Å². The minimum atomic E-state index is -0.842. The molecule has 0 aromatic heterocycles. The van der Waals surface area contributed by atoms with Crippen molar-refractivity contribution >= 4 is 21.8 Å². The molecule has 76 valence electrons. The number of amides is 1. The van der Waals surface area contributed by atoms with Crippen LogP contribution in [0.25, 0.3) is 0 Å². The molecule has 1 aromatic rings. The Morgan fingerprint density at radius 2 is 2.21 bits per heavy atom. The van der Waals surface area contributed by atoms with Crippen LogP contribution in [0.15, 0.2) is 22.7 Å². The Bertz CT molecular complexity index is 357. The second kappa shape index (κ2) is 4.52. The van der Waals surface area contributed by atoms with Gasteiger partial charge < -0.3 is 11.5 Å². The van der Waals surface area contributed by atoms with E-state index < -0.39 is 17.8 Å². The molecule has 1 rings (SSSR count). The van der Waals surface area contributed by atoms with Gasteiger partial charge in [0.25, 0.3) is 0 Å². The molecule has 0 aliphatic carbocycles. The van der Waals surface area contributed by atoms with Gasteiger partial charge in [0.05, 0.1) is 6.04 Å². The lowest BCUT2D eigenvalue weighted by Gasteiger charge is -2.08. The molecule has 0 saturated heterocycles. The largest absolute Gasteiger partial charge is 0.368 e. The first kappa shape index (κ1) is 11.1. The number of rotatable bonds is 3. The summed E-state index contributed by atoms with van der Waals surface area (Å²) in [5.41, 5.74) is 10.8. The van der Waals surface area contributed by atoms with Crippen molar-refractivity contribution in [2.45, 2.75) is 12.5 Å². The average molecular weight is 261 g/mol. The van der Waals surface area contributed by atoms with Gasteiger partial charge in [-0.15, -0.1) is 0 Å². The second-order valence-electron chi connectivity index (χ2n) is 2.95. The van der Waals surface area contributed by atoms with Crippen molar-refractivity contribution in [2.75, 3.05) is 0 Å². The first-order chi connectivity index (χ1) is 6.50. The van der Waals surface area contributed by atoms with Gasteiger partial charge in [0.2, 0.25) is 5.91 Å². The normalized spacial score (nSPS) is 12.5. The van der Waals surface area contributed by atoms with Gasteiger partial charge in [-0.1, -0.05) is 22.0 Å². The van der Waals surface area contributed by atoms with Gasteiger partial charge in [0.1, 0.15) is 5.82 Å². The average Bonchev–Trinajstić information content (AvgIpc) is 2.09. The zero-order chi connectivity index (χ0) is 10.7. The van der Waals surface area contributed by atoms with Gasteiger partial charge in [-0.3, -0.25) is 4.79 Å². The molecule has 0 bridgehead atoms. The van der Waals surface area contributed by atoms with E-state index in [0.29, 0.717) is 10.0 Å². The number of carbonyl (C=O) groups is 1. The monoisotopic (exact) mass is 260 g/mol. The van der Waals surface area contributed by atoms with Crippen LogP contribution in [-0.4, -0.2) is 11.9 Å². The van der Waals surface area contributed by atoms with Crippen LogP contribution in [0.2, 0.25) is 0 Å². The van der Waals surface area contributed by atoms with Crippen molar-refractivity contribution < 1.29 is 9.18 Å². The van der Waals surface area contributed by atoms with Crippen LogP contribution in [0, 0.1) is 5.82 Å². The van der Waals surface area contributed by atoms with E-state index in [9.17, 15) is 9.18 Å². The molecule has 0 aliphatic heterocycles. The molecule has 0 saturated carbocycles. The Morgan fingerprint density at radius 3 is 2.71 bits per heavy atom. The van der Waals surface area contributed by atoms with Crippen LogP contribution in [0.1, 0.15) is 5.56 Å². The van der Waals surface area contributed by atoms with Gasteiger partial charge >= 0.3 is 0 Å². The summed E-state index contributed by atoms with van der Waals surface area (Å²) in [6, 6.07) is 3.74. The highest BCUT2D eigenvalue weighted by atomic mass is 79.9. The third kappa shape index (κ3) is 2.78. The summed E-state index contributed by atoms with van der Waals surface area (Å²) in [4.78, 5) is 10.6. The maximum Gasteiger partial charge on any atom is 0.234 e. The lowest BCUT2D eigenvalue weighted by Crippen LogP contribution is -2.38. The molecule has 3 nitrogen and oxygen atoms in total. The van der Waals surface area contributed by atoms with E-state index in [1.54, 1.807) is 12.1 Å². The van der Waals surface area contributed by atoms with Crippen LogP contribution >= 0.6 is 15.9 Å². The maximum absolute atomic E-state index is 13.2. The molecule has 0 heterocycles. The predicted octanol–water partition coefficient (Wildman–Crippen LogP) is 0.943. The number of carbonyl (C=O) groups excluding carboxylic acids is 1. The van der Waals surface area contributed by atoms with E-state index >= 15 is 0 Å². The summed E-state index contributed by atoms with van der Waals surface area (Å²) in [5.74, 6) is -1.02. The molecular weight excluding hydrogens is 251 g/mol. The van der Waals surface area contributed by atoms with Crippen molar-refractivity contribution in [3.8, 4) is 0 Å². The van der Waals surface area contributed by atoms with Crippen LogP contribution in [0.4, 0.5) is 4.39 Å². The molecule has 0 fully saturated rings. The summed E-state index contributed by atoms with van der Waals surface area (Å²) in [6.45, 7) is 0. The minimum Gasteiger partial charge on any atom is -0.368 e. The first-order valence-corrected chi connectivity index (χ1v) is 4.79. The number of hydrogen-bond acceptors (Lipinski definition) is 2. The number of hydrogen-bond donors (Lipinski definition) is 2. The van der Waals surface area contributed by atoms with Crippen LogP contribution in [-0.2, 0) is 11.2 Å². The van der Waals surface area contributed by atoms with E-state index in [4.69, 9.17) is 11.5 Å². The molecule has 14 heavy (non-hydrogen) atoms. The van der Waals surface area contributed by atoms with Gasteiger partial charge in [0, 0.05) is 4.47 Å². The quantitative estimate of drug-likeness (QED) is 0.850. The molecule has 0 aliphatic rings. The molecule has 0 radical (unpaired) electrons. The van der Waals surface area contributed by atoms with Crippen molar-refractivity contribution in [3.63, 3.8) is 0 Å². The standard InChI is InChI=1S/C9H10BrFN2O/c10-6-2-1-5(7(11)4-6)3-8(12)9(13)14/h1-2,4,8H,3,12H2,(H2,13,14)/t8-/m0/s1.